The highest BCUT2D eigenvalue weighted by Crippen LogP contribution is 2.29. The molecule has 0 amide bonds. The molecule has 3 heterocycles. The molecular formula is C11H15N7S. The predicted octanol–water partition coefficient (Wildman–Crippen LogP) is 1.94. The summed E-state index contributed by atoms with van der Waals surface area (Å²) in [6, 6.07) is 0.0128. The monoisotopic (exact) mass is 277 g/mol. The Labute approximate surface area is 114 Å². The molecule has 100 valence electrons. The molecule has 19 heavy (non-hydrogen) atoms. The lowest BCUT2D eigenvalue weighted by Crippen LogP contribution is -2.08. The number of nitrogens with one attached hydrogen (secondary N) is 2. The summed E-state index contributed by atoms with van der Waals surface area (Å²) in [4.78, 5) is 8.86. The molecule has 0 saturated heterocycles. The number of hydrogen-bond donors (Lipinski definition) is 2. The number of H-pyrrole nitrogens is 1. The van der Waals surface area contributed by atoms with Gasteiger partial charge in [-0.3, -0.25) is 5.10 Å². The van der Waals surface area contributed by atoms with E-state index in [0.717, 1.165) is 32.8 Å². The molecule has 0 fully saturated rings. The van der Waals surface area contributed by atoms with Crippen LogP contribution in [0.1, 0.15) is 30.3 Å². The van der Waals surface area contributed by atoms with Gasteiger partial charge >= 0.3 is 0 Å². The van der Waals surface area contributed by atoms with Crippen molar-refractivity contribution >= 4 is 26.8 Å². The summed E-state index contributed by atoms with van der Waals surface area (Å²) in [6.07, 6.45) is 0. The Balaban J connectivity index is 1.87. The van der Waals surface area contributed by atoms with E-state index >= 15 is 0 Å². The van der Waals surface area contributed by atoms with E-state index in [1.165, 1.54) is 0 Å². The molecular weight excluding hydrogens is 262 g/mol. The number of aryl methyl sites for hydroxylation is 3. The number of aromatic amines is 1. The van der Waals surface area contributed by atoms with E-state index in [0.29, 0.717) is 0 Å². The Kier molecular flexibility index (Phi) is 2.74. The van der Waals surface area contributed by atoms with Gasteiger partial charge in [-0.1, -0.05) is 11.3 Å². The molecule has 0 aliphatic heterocycles. The van der Waals surface area contributed by atoms with E-state index in [2.05, 4.69) is 30.6 Å². The molecule has 0 unspecified atom stereocenters. The second-order valence-corrected chi connectivity index (χ2v) is 5.52. The van der Waals surface area contributed by atoms with Crippen LogP contribution < -0.4 is 5.32 Å². The Bertz CT molecular complexity index is 688. The van der Waals surface area contributed by atoms with Crippen LogP contribution in [0.5, 0.6) is 0 Å². The van der Waals surface area contributed by atoms with Crippen LogP contribution in [0.25, 0.3) is 10.3 Å². The van der Waals surface area contributed by atoms with Crippen LogP contribution in [0, 0.1) is 13.8 Å². The van der Waals surface area contributed by atoms with Crippen molar-refractivity contribution in [1.82, 2.24) is 29.9 Å². The van der Waals surface area contributed by atoms with Crippen LogP contribution in [0.2, 0.25) is 0 Å². The first-order chi connectivity index (χ1) is 9.04. The van der Waals surface area contributed by atoms with E-state index in [1.54, 1.807) is 16.0 Å². The maximum Gasteiger partial charge on any atom is 0.186 e. The van der Waals surface area contributed by atoms with Crippen molar-refractivity contribution in [2.24, 2.45) is 7.05 Å². The Hall–Kier alpha value is -1.96. The number of hydrogen-bond acceptors (Lipinski definition) is 6. The van der Waals surface area contributed by atoms with E-state index in [1.807, 2.05) is 27.8 Å². The maximum atomic E-state index is 4.55. The number of rotatable bonds is 3. The lowest BCUT2D eigenvalue weighted by atomic mass is 10.3. The number of nitrogens with zero attached hydrogens (tertiary/aromatic N) is 5. The zero-order chi connectivity index (χ0) is 13.6. The maximum absolute atomic E-state index is 4.55. The van der Waals surface area contributed by atoms with Gasteiger partial charge in [0.25, 0.3) is 0 Å². The largest absolute Gasteiger partial charge is 0.352 e. The van der Waals surface area contributed by atoms with Gasteiger partial charge in [-0.25, -0.2) is 14.6 Å². The van der Waals surface area contributed by atoms with E-state index in [4.69, 9.17) is 0 Å². The molecule has 3 rings (SSSR count). The molecule has 0 bridgehead atoms. The van der Waals surface area contributed by atoms with Gasteiger partial charge in [0.05, 0.1) is 16.4 Å². The van der Waals surface area contributed by atoms with Crippen LogP contribution in [0.3, 0.4) is 0 Å². The average Bonchev–Trinajstić information content (AvgIpc) is 3.00. The zero-order valence-electron chi connectivity index (χ0n) is 11.2. The highest BCUT2D eigenvalue weighted by molar-refractivity contribution is 7.22. The molecule has 3 aromatic heterocycles. The summed E-state index contributed by atoms with van der Waals surface area (Å²) in [5.74, 6) is 1.56. The first kappa shape index (κ1) is 12.1. The fourth-order valence-corrected chi connectivity index (χ4v) is 2.97. The Morgan fingerprint density at radius 1 is 1.32 bits per heavy atom. The lowest BCUT2D eigenvalue weighted by Gasteiger charge is -2.07. The molecule has 8 heteroatoms. The van der Waals surface area contributed by atoms with Crippen LogP contribution >= 0.6 is 11.3 Å². The highest BCUT2D eigenvalue weighted by Gasteiger charge is 2.15. The van der Waals surface area contributed by atoms with Gasteiger partial charge in [-0.2, -0.15) is 10.2 Å². The minimum absolute atomic E-state index is 0.0128. The van der Waals surface area contributed by atoms with Crippen LogP contribution in [0.4, 0.5) is 5.13 Å². The van der Waals surface area contributed by atoms with Gasteiger partial charge < -0.3 is 5.32 Å². The predicted molar refractivity (Wildman–Crippen MR) is 74.3 cm³/mol. The van der Waals surface area contributed by atoms with Crippen LogP contribution in [-0.2, 0) is 7.05 Å². The standard InChI is InChI=1S/C11H15N7S/c1-5-8-10(18(4)17-5)14-11(19-8)12-6(2)9-13-7(3)15-16-9/h6H,1-4H3,(H,12,14)(H,13,15,16)/t6-/m1/s1. The second-order valence-electron chi connectivity index (χ2n) is 4.53. The summed E-state index contributed by atoms with van der Waals surface area (Å²) >= 11 is 1.60. The molecule has 0 spiro atoms. The molecule has 0 aromatic carbocycles. The summed E-state index contributed by atoms with van der Waals surface area (Å²) in [7, 11) is 1.90. The van der Waals surface area contributed by atoms with Gasteiger partial charge in [0, 0.05) is 7.05 Å². The van der Waals surface area contributed by atoms with Crippen molar-refractivity contribution in [1.29, 1.82) is 0 Å². The molecule has 0 aliphatic carbocycles. The lowest BCUT2D eigenvalue weighted by molar-refractivity contribution is 0.770. The summed E-state index contributed by atoms with van der Waals surface area (Å²) < 4.78 is 2.91. The Morgan fingerprint density at radius 3 is 2.74 bits per heavy atom. The number of fused-ring (bicyclic) bond motifs is 1. The van der Waals surface area contributed by atoms with Crippen molar-refractivity contribution in [3.63, 3.8) is 0 Å². The van der Waals surface area contributed by atoms with E-state index in [9.17, 15) is 0 Å². The summed E-state index contributed by atoms with van der Waals surface area (Å²) in [6.45, 7) is 5.89. The molecule has 1 atom stereocenters. The fraction of sp³-hybridized carbons (Fsp3) is 0.455. The van der Waals surface area contributed by atoms with Crippen molar-refractivity contribution in [3.8, 4) is 0 Å². The molecule has 7 nitrogen and oxygen atoms in total. The van der Waals surface area contributed by atoms with Gasteiger partial charge in [-0.05, 0) is 20.8 Å². The van der Waals surface area contributed by atoms with Gasteiger partial charge in [0.2, 0.25) is 0 Å². The first-order valence-electron chi connectivity index (χ1n) is 6.00. The second kappa shape index (κ2) is 4.30. The summed E-state index contributed by atoms with van der Waals surface area (Å²) in [5, 5.41) is 15.5. The third-order valence-electron chi connectivity index (χ3n) is 2.89. The van der Waals surface area contributed by atoms with E-state index < -0.39 is 0 Å². The van der Waals surface area contributed by atoms with Crippen molar-refractivity contribution in [2.75, 3.05) is 5.32 Å². The van der Waals surface area contributed by atoms with Gasteiger partial charge in [0.1, 0.15) is 5.82 Å². The summed E-state index contributed by atoms with van der Waals surface area (Å²) in [5.41, 5.74) is 1.91. The van der Waals surface area contributed by atoms with Gasteiger partial charge in [-0.15, -0.1) is 0 Å². The normalized spacial score (nSPS) is 13.1. The smallest absolute Gasteiger partial charge is 0.186 e. The highest BCUT2D eigenvalue weighted by atomic mass is 32.1. The number of thiazole rings is 1. The number of aromatic nitrogens is 6. The van der Waals surface area contributed by atoms with E-state index in [-0.39, 0.29) is 6.04 Å². The molecule has 3 aromatic rings. The van der Waals surface area contributed by atoms with Crippen molar-refractivity contribution < 1.29 is 0 Å². The third kappa shape index (κ3) is 2.07. The Morgan fingerprint density at radius 2 is 2.11 bits per heavy atom. The SMILES string of the molecule is Cc1nc([C@@H](C)Nc2nc3c(s2)c(C)nn3C)n[nH]1. The average molecular weight is 277 g/mol. The molecule has 0 saturated carbocycles. The van der Waals surface area contributed by atoms with Crippen molar-refractivity contribution in [2.45, 2.75) is 26.8 Å². The zero-order valence-corrected chi connectivity index (χ0v) is 12.0. The van der Waals surface area contributed by atoms with Crippen LogP contribution in [0.15, 0.2) is 0 Å². The fourth-order valence-electron chi connectivity index (χ4n) is 1.95. The molecule has 0 aliphatic rings. The quantitative estimate of drug-likeness (QED) is 0.764. The van der Waals surface area contributed by atoms with Crippen molar-refractivity contribution in [3.05, 3.63) is 17.3 Å². The minimum atomic E-state index is 0.0128. The first-order valence-corrected chi connectivity index (χ1v) is 6.82. The minimum Gasteiger partial charge on any atom is -0.352 e. The third-order valence-corrected chi connectivity index (χ3v) is 3.97. The topological polar surface area (TPSA) is 84.3 Å². The van der Waals surface area contributed by atoms with Gasteiger partial charge in [0.15, 0.2) is 16.6 Å². The number of anilines is 1. The molecule has 0 radical (unpaired) electrons. The van der Waals surface area contributed by atoms with Crippen LogP contribution in [-0.4, -0.2) is 29.9 Å². The molecule has 2 N–H and O–H groups in total.